The third kappa shape index (κ3) is 2.64. The number of benzene rings is 2. The molecule has 4 N–H and O–H groups in total. The largest absolute Gasteiger partial charge is 0.383 e. The topological polar surface area (TPSA) is 82.8 Å². The molecule has 4 aromatic rings. The number of hydrogen-bond acceptors (Lipinski definition) is 4. The zero-order valence-corrected chi connectivity index (χ0v) is 13.8. The highest BCUT2D eigenvalue weighted by Gasteiger charge is 2.11. The second-order valence-electron chi connectivity index (χ2n) is 5.88. The summed E-state index contributed by atoms with van der Waals surface area (Å²) in [5.41, 5.74) is 15.9. The molecule has 5 nitrogen and oxygen atoms in total. The summed E-state index contributed by atoms with van der Waals surface area (Å²) in [7, 11) is 0. The Kier molecular flexibility index (Phi) is 3.51. The molecule has 2 heterocycles. The van der Waals surface area contributed by atoms with Gasteiger partial charge in [-0.25, -0.2) is 4.98 Å². The third-order valence-electron chi connectivity index (χ3n) is 4.23. The monoisotopic (exact) mass is 327 g/mol. The van der Waals surface area contributed by atoms with E-state index in [0.717, 1.165) is 33.9 Å². The van der Waals surface area contributed by atoms with E-state index in [1.807, 2.05) is 37.3 Å². The standard InChI is InChI=1S/C20H17N5/c1-2-3-13-4-6-14(7-5-13)12-25-11-10-15-17(25)9-8-16-18(15)19(21)24-20(22)23-16/h4-11H,12H2,1H3,(H4,21,22,23,24). The zero-order chi connectivity index (χ0) is 17.4. The Morgan fingerprint density at radius 2 is 1.80 bits per heavy atom. The number of nitrogens with two attached hydrogens (primary N) is 2. The number of hydrogen-bond donors (Lipinski definition) is 2. The van der Waals surface area contributed by atoms with Gasteiger partial charge in [0.15, 0.2) is 0 Å². The highest BCUT2D eigenvalue weighted by Crippen LogP contribution is 2.29. The van der Waals surface area contributed by atoms with E-state index in [-0.39, 0.29) is 5.95 Å². The van der Waals surface area contributed by atoms with Crippen molar-refractivity contribution in [3.8, 4) is 11.8 Å². The molecule has 0 saturated carbocycles. The van der Waals surface area contributed by atoms with Crippen LogP contribution in [0.2, 0.25) is 0 Å². The minimum absolute atomic E-state index is 0.194. The summed E-state index contributed by atoms with van der Waals surface area (Å²) in [6.07, 6.45) is 2.06. The summed E-state index contributed by atoms with van der Waals surface area (Å²) in [5.74, 6) is 6.58. The van der Waals surface area contributed by atoms with E-state index in [4.69, 9.17) is 11.5 Å². The third-order valence-corrected chi connectivity index (χ3v) is 4.23. The number of fused-ring (bicyclic) bond motifs is 3. The summed E-state index contributed by atoms with van der Waals surface area (Å²) >= 11 is 0. The van der Waals surface area contributed by atoms with Crippen LogP contribution < -0.4 is 11.5 Å². The SMILES string of the molecule is CC#Cc1ccc(Cn2ccc3c4c(N)nc(N)nc4ccc32)cc1. The molecule has 0 aliphatic rings. The number of nitrogen functional groups attached to an aromatic ring is 2. The van der Waals surface area contributed by atoms with E-state index in [0.29, 0.717) is 5.82 Å². The van der Waals surface area contributed by atoms with Gasteiger partial charge < -0.3 is 16.0 Å². The van der Waals surface area contributed by atoms with E-state index in [1.54, 1.807) is 0 Å². The second kappa shape index (κ2) is 5.84. The lowest BCUT2D eigenvalue weighted by Crippen LogP contribution is -2.01. The van der Waals surface area contributed by atoms with Gasteiger partial charge in [0.05, 0.1) is 10.9 Å². The molecule has 5 heteroatoms. The second-order valence-corrected chi connectivity index (χ2v) is 5.88. The molecule has 0 bridgehead atoms. The van der Waals surface area contributed by atoms with Gasteiger partial charge in [-0.05, 0) is 42.8 Å². The zero-order valence-electron chi connectivity index (χ0n) is 13.8. The van der Waals surface area contributed by atoms with Crippen molar-refractivity contribution in [3.63, 3.8) is 0 Å². The predicted octanol–water partition coefficient (Wildman–Crippen LogP) is 3.17. The Balaban J connectivity index is 1.78. The molecule has 0 unspecified atom stereocenters. The molecular weight excluding hydrogens is 310 g/mol. The van der Waals surface area contributed by atoms with E-state index in [2.05, 4.69) is 44.7 Å². The molecule has 0 fully saturated rings. The first-order chi connectivity index (χ1) is 12.2. The minimum Gasteiger partial charge on any atom is -0.383 e. The van der Waals surface area contributed by atoms with Crippen molar-refractivity contribution in [2.24, 2.45) is 0 Å². The van der Waals surface area contributed by atoms with Gasteiger partial charge >= 0.3 is 0 Å². The summed E-state index contributed by atoms with van der Waals surface area (Å²) in [6, 6.07) is 14.3. The van der Waals surface area contributed by atoms with Gasteiger partial charge in [0, 0.05) is 29.2 Å². The van der Waals surface area contributed by atoms with Gasteiger partial charge in [-0.3, -0.25) is 0 Å². The summed E-state index contributed by atoms with van der Waals surface area (Å²) < 4.78 is 2.19. The molecule has 122 valence electrons. The number of anilines is 2. The first-order valence-corrected chi connectivity index (χ1v) is 7.98. The molecule has 25 heavy (non-hydrogen) atoms. The van der Waals surface area contributed by atoms with Gasteiger partial charge in [0.2, 0.25) is 5.95 Å². The smallest absolute Gasteiger partial charge is 0.222 e. The molecule has 0 spiro atoms. The maximum atomic E-state index is 6.08. The Hall–Kier alpha value is -3.52. The molecular formula is C20H17N5. The summed E-state index contributed by atoms with van der Waals surface area (Å²) in [6.45, 7) is 2.61. The van der Waals surface area contributed by atoms with Crippen LogP contribution in [0.1, 0.15) is 18.1 Å². The lowest BCUT2D eigenvalue weighted by molar-refractivity contribution is 0.837. The van der Waals surface area contributed by atoms with Crippen molar-refractivity contribution in [1.29, 1.82) is 0 Å². The average Bonchev–Trinajstić information content (AvgIpc) is 2.99. The predicted molar refractivity (Wildman–Crippen MR) is 102 cm³/mol. The van der Waals surface area contributed by atoms with Gasteiger partial charge in [0.25, 0.3) is 0 Å². The molecule has 4 rings (SSSR count). The van der Waals surface area contributed by atoms with Crippen molar-refractivity contribution < 1.29 is 0 Å². The van der Waals surface area contributed by atoms with Crippen LogP contribution in [0.15, 0.2) is 48.7 Å². The van der Waals surface area contributed by atoms with Crippen molar-refractivity contribution in [3.05, 3.63) is 59.8 Å². The van der Waals surface area contributed by atoms with Gasteiger partial charge in [0.1, 0.15) is 5.82 Å². The van der Waals surface area contributed by atoms with Crippen LogP contribution in [0.3, 0.4) is 0 Å². The van der Waals surface area contributed by atoms with Crippen molar-refractivity contribution in [2.45, 2.75) is 13.5 Å². The highest BCUT2D eigenvalue weighted by atomic mass is 15.0. The average molecular weight is 327 g/mol. The van der Waals surface area contributed by atoms with E-state index in [1.165, 1.54) is 5.56 Å². The van der Waals surface area contributed by atoms with Gasteiger partial charge in [-0.1, -0.05) is 18.1 Å². The minimum atomic E-state index is 0.194. The molecule has 2 aromatic heterocycles. The Bertz CT molecular complexity index is 1140. The summed E-state index contributed by atoms with van der Waals surface area (Å²) in [4.78, 5) is 8.37. The van der Waals surface area contributed by atoms with Crippen LogP contribution in [-0.4, -0.2) is 14.5 Å². The van der Waals surface area contributed by atoms with Gasteiger partial charge in [-0.15, -0.1) is 5.92 Å². The number of aromatic nitrogens is 3. The fourth-order valence-corrected chi connectivity index (χ4v) is 3.12. The van der Waals surface area contributed by atoms with Crippen LogP contribution in [0.25, 0.3) is 21.8 Å². The highest BCUT2D eigenvalue weighted by molar-refractivity contribution is 6.10. The Morgan fingerprint density at radius 3 is 2.56 bits per heavy atom. The number of rotatable bonds is 2. The quantitative estimate of drug-likeness (QED) is 0.554. The lowest BCUT2D eigenvalue weighted by atomic mass is 10.1. The molecule has 0 radical (unpaired) electrons. The number of nitrogens with zero attached hydrogens (tertiary/aromatic N) is 3. The van der Waals surface area contributed by atoms with Crippen LogP contribution in [0.4, 0.5) is 11.8 Å². The van der Waals surface area contributed by atoms with E-state index in [9.17, 15) is 0 Å². The normalized spacial score (nSPS) is 10.8. The van der Waals surface area contributed by atoms with Crippen LogP contribution in [0, 0.1) is 11.8 Å². The van der Waals surface area contributed by atoms with Crippen molar-refractivity contribution in [1.82, 2.24) is 14.5 Å². The molecule has 0 aliphatic heterocycles. The first-order valence-electron chi connectivity index (χ1n) is 7.98. The fraction of sp³-hybridized carbons (Fsp3) is 0.100. The first kappa shape index (κ1) is 15.0. The molecule has 0 amide bonds. The maximum Gasteiger partial charge on any atom is 0.222 e. The summed E-state index contributed by atoms with van der Waals surface area (Å²) in [5, 5.41) is 1.88. The molecule has 0 aliphatic carbocycles. The van der Waals surface area contributed by atoms with Gasteiger partial charge in [-0.2, -0.15) is 4.98 Å². The molecule has 2 aromatic carbocycles. The maximum absolute atomic E-state index is 6.08. The Labute approximate surface area is 145 Å². The van der Waals surface area contributed by atoms with Crippen LogP contribution in [0.5, 0.6) is 0 Å². The van der Waals surface area contributed by atoms with Crippen molar-refractivity contribution in [2.75, 3.05) is 11.5 Å². The Morgan fingerprint density at radius 1 is 1.00 bits per heavy atom. The fourth-order valence-electron chi connectivity index (χ4n) is 3.12. The van der Waals surface area contributed by atoms with Crippen molar-refractivity contribution >= 4 is 33.6 Å². The molecule has 0 saturated heterocycles. The van der Waals surface area contributed by atoms with Crippen LogP contribution >= 0.6 is 0 Å². The van der Waals surface area contributed by atoms with Crippen LogP contribution in [-0.2, 0) is 6.54 Å². The van der Waals surface area contributed by atoms with E-state index < -0.39 is 0 Å². The lowest BCUT2D eigenvalue weighted by Gasteiger charge is -2.08. The molecule has 0 atom stereocenters. The van der Waals surface area contributed by atoms with E-state index >= 15 is 0 Å².